The molecule has 1 aromatic heterocycles. The van der Waals surface area contributed by atoms with Crippen molar-refractivity contribution in [2.45, 2.75) is 20.8 Å². The average Bonchev–Trinajstić information content (AvgIpc) is 2.30. The molecule has 0 aliphatic carbocycles. The van der Waals surface area contributed by atoms with Gasteiger partial charge >= 0.3 is 0 Å². The molecule has 0 bridgehead atoms. The van der Waals surface area contributed by atoms with E-state index in [1.807, 2.05) is 39.0 Å². The summed E-state index contributed by atoms with van der Waals surface area (Å²) in [5, 5.41) is 2.99. The van der Waals surface area contributed by atoms with Gasteiger partial charge in [-0.15, -0.1) is 0 Å². The SMILES string of the molecule is CCNc1ncc(F)c(-c2cc(C)cc(C)c2)n1. The van der Waals surface area contributed by atoms with E-state index in [1.165, 1.54) is 6.20 Å². The van der Waals surface area contributed by atoms with Crippen molar-refractivity contribution in [3.8, 4) is 11.3 Å². The van der Waals surface area contributed by atoms with E-state index >= 15 is 0 Å². The third-order valence-corrected chi connectivity index (χ3v) is 2.57. The summed E-state index contributed by atoms with van der Waals surface area (Å²) in [5.41, 5.74) is 3.31. The monoisotopic (exact) mass is 245 g/mol. The van der Waals surface area contributed by atoms with Crippen LogP contribution in [0, 0.1) is 19.7 Å². The molecule has 3 nitrogen and oxygen atoms in total. The Bertz CT molecular complexity index is 547. The molecule has 94 valence electrons. The fourth-order valence-corrected chi connectivity index (χ4v) is 1.92. The van der Waals surface area contributed by atoms with Gasteiger partial charge in [-0.3, -0.25) is 0 Å². The number of nitrogens with zero attached hydrogens (tertiary/aromatic N) is 2. The molecule has 18 heavy (non-hydrogen) atoms. The van der Waals surface area contributed by atoms with Crippen LogP contribution in [0.25, 0.3) is 11.3 Å². The topological polar surface area (TPSA) is 37.8 Å². The van der Waals surface area contributed by atoms with E-state index in [2.05, 4.69) is 15.3 Å². The normalized spacial score (nSPS) is 10.4. The van der Waals surface area contributed by atoms with Gasteiger partial charge in [-0.05, 0) is 32.9 Å². The third kappa shape index (κ3) is 2.64. The number of benzene rings is 1. The molecule has 2 rings (SSSR count). The summed E-state index contributed by atoms with van der Waals surface area (Å²) in [6, 6.07) is 5.90. The van der Waals surface area contributed by atoms with Crippen molar-refractivity contribution < 1.29 is 4.39 Å². The van der Waals surface area contributed by atoms with Gasteiger partial charge < -0.3 is 5.32 Å². The molecule has 1 aromatic carbocycles. The molecule has 0 radical (unpaired) electrons. The summed E-state index contributed by atoms with van der Waals surface area (Å²) in [5.74, 6) is 0.0507. The first kappa shape index (κ1) is 12.5. The zero-order valence-electron chi connectivity index (χ0n) is 10.8. The van der Waals surface area contributed by atoms with Gasteiger partial charge in [0.15, 0.2) is 5.82 Å². The first-order valence-electron chi connectivity index (χ1n) is 5.95. The van der Waals surface area contributed by atoms with Gasteiger partial charge in [0.25, 0.3) is 0 Å². The van der Waals surface area contributed by atoms with Gasteiger partial charge in [0.1, 0.15) is 5.69 Å². The van der Waals surface area contributed by atoms with Crippen LogP contribution >= 0.6 is 0 Å². The van der Waals surface area contributed by atoms with Crippen molar-refractivity contribution in [3.63, 3.8) is 0 Å². The van der Waals surface area contributed by atoms with E-state index < -0.39 is 5.82 Å². The Labute approximate surface area is 106 Å². The van der Waals surface area contributed by atoms with Gasteiger partial charge in [0.2, 0.25) is 5.95 Å². The summed E-state index contributed by atoms with van der Waals surface area (Å²) in [6.07, 6.45) is 1.21. The third-order valence-electron chi connectivity index (χ3n) is 2.57. The minimum absolute atomic E-state index is 0.341. The molecule has 0 aliphatic heterocycles. The Hall–Kier alpha value is -1.97. The summed E-state index contributed by atoms with van der Waals surface area (Å²) in [4.78, 5) is 8.12. The van der Waals surface area contributed by atoms with Crippen LogP contribution in [-0.4, -0.2) is 16.5 Å². The summed E-state index contributed by atoms with van der Waals surface area (Å²) >= 11 is 0. The van der Waals surface area contributed by atoms with Gasteiger partial charge in [-0.2, -0.15) is 0 Å². The fraction of sp³-hybridized carbons (Fsp3) is 0.286. The molecule has 0 fully saturated rings. The minimum atomic E-state index is -0.401. The van der Waals surface area contributed by atoms with Gasteiger partial charge in [-0.1, -0.05) is 17.2 Å². The highest BCUT2D eigenvalue weighted by Gasteiger charge is 2.10. The lowest BCUT2D eigenvalue weighted by molar-refractivity contribution is 0.618. The smallest absolute Gasteiger partial charge is 0.223 e. The van der Waals surface area contributed by atoms with Crippen molar-refractivity contribution in [2.24, 2.45) is 0 Å². The number of anilines is 1. The molecule has 1 heterocycles. The maximum atomic E-state index is 13.8. The van der Waals surface area contributed by atoms with E-state index in [9.17, 15) is 4.39 Å². The van der Waals surface area contributed by atoms with Crippen LogP contribution in [0.2, 0.25) is 0 Å². The molecule has 4 heteroatoms. The number of nitrogens with one attached hydrogen (secondary N) is 1. The Morgan fingerprint density at radius 2 is 1.83 bits per heavy atom. The largest absolute Gasteiger partial charge is 0.354 e. The van der Waals surface area contributed by atoms with Crippen molar-refractivity contribution in [3.05, 3.63) is 41.3 Å². The van der Waals surface area contributed by atoms with E-state index in [-0.39, 0.29) is 0 Å². The van der Waals surface area contributed by atoms with Crippen LogP contribution in [0.5, 0.6) is 0 Å². The summed E-state index contributed by atoms with van der Waals surface area (Å²) < 4.78 is 13.8. The van der Waals surface area contributed by atoms with E-state index in [0.29, 0.717) is 18.2 Å². The molecule has 0 unspecified atom stereocenters. The van der Waals surface area contributed by atoms with Gasteiger partial charge in [0.05, 0.1) is 6.20 Å². The van der Waals surface area contributed by atoms with E-state index in [1.54, 1.807) is 0 Å². The number of hydrogen-bond donors (Lipinski definition) is 1. The molecule has 0 atom stereocenters. The fourth-order valence-electron chi connectivity index (χ4n) is 1.92. The second kappa shape index (κ2) is 5.12. The predicted molar refractivity (Wildman–Crippen MR) is 71.1 cm³/mol. The van der Waals surface area contributed by atoms with Crippen molar-refractivity contribution in [2.75, 3.05) is 11.9 Å². The van der Waals surface area contributed by atoms with Crippen LogP contribution in [0.3, 0.4) is 0 Å². The first-order chi connectivity index (χ1) is 8.60. The lowest BCUT2D eigenvalue weighted by Crippen LogP contribution is -2.04. The van der Waals surface area contributed by atoms with Crippen LogP contribution in [0.15, 0.2) is 24.4 Å². The second-order valence-corrected chi connectivity index (χ2v) is 4.30. The minimum Gasteiger partial charge on any atom is -0.354 e. The van der Waals surface area contributed by atoms with Gasteiger partial charge in [0, 0.05) is 12.1 Å². The molecular formula is C14H16FN3. The highest BCUT2D eigenvalue weighted by Crippen LogP contribution is 2.23. The standard InChI is InChI=1S/C14H16FN3/c1-4-16-14-17-8-12(15)13(18-14)11-6-9(2)5-10(3)7-11/h5-8H,4H2,1-3H3,(H,16,17,18). The molecule has 2 aromatic rings. The Kier molecular flexibility index (Phi) is 3.55. The van der Waals surface area contributed by atoms with E-state index in [0.717, 1.165) is 16.7 Å². The van der Waals surface area contributed by atoms with Crippen LogP contribution in [0.1, 0.15) is 18.1 Å². The van der Waals surface area contributed by atoms with Crippen molar-refractivity contribution >= 4 is 5.95 Å². The maximum absolute atomic E-state index is 13.8. The van der Waals surface area contributed by atoms with Crippen LogP contribution in [-0.2, 0) is 0 Å². The molecule has 0 spiro atoms. The molecule has 0 aliphatic rings. The lowest BCUT2D eigenvalue weighted by atomic mass is 10.0. The lowest BCUT2D eigenvalue weighted by Gasteiger charge is -2.08. The van der Waals surface area contributed by atoms with Crippen molar-refractivity contribution in [1.29, 1.82) is 0 Å². The molecule has 0 amide bonds. The highest BCUT2D eigenvalue weighted by atomic mass is 19.1. The maximum Gasteiger partial charge on any atom is 0.223 e. The molecule has 1 N–H and O–H groups in total. The summed E-state index contributed by atoms with van der Waals surface area (Å²) in [7, 11) is 0. The predicted octanol–water partition coefficient (Wildman–Crippen LogP) is 3.33. The zero-order chi connectivity index (χ0) is 13.1. The average molecular weight is 245 g/mol. The first-order valence-corrected chi connectivity index (χ1v) is 5.95. The van der Waals surface area contributed by atoms with Crippen LogP contribution < -0.4 is 5.32 Å². The van der Waals surface area contributed by atoms with Gasteiger partial charge in [-0.25, -0.2) is 14.4 Å². The second-order valence-electron chi connectivity index (χ2n) is 4.30. The zero-order valence-corrected chi connectivity index (χ0v) is 10.8. The Balaban J connectivity index is 2.51. The number of rotatable bonds is 3. The van der Waals surface area contributed by atoms with Crippen LogP contribution in [0.4, 0.5) is 10.3 Å². The number of aryl methyl sites for hydroxylation is 2. The number of halogens is 1. The molecule has 0 saturated carbocycles. The number of hydrogen-bond acceptors (Lipinski definition) is 3. The Morgan fingerprint density at radius 1 is 1.17 bits per heavy atom. The highest BCUT2D eigenvalue weighted by molar-refractivity contribution is 5.62. The number of aromatic nitrogens is 2. The van der Waals surface area contributed by atoms with Crippen molar-refractivity contribution in [1.82, 2.24) is 9.97 Å². The molecular weight excluding hydrogens is 229 g/mol. The summed E-state index contributed by atoms with van der Waals surface area (Å²) in [6.45, 7) is 6.63. The van der Waals surface area contributed by atoms with E-state index in [4.69, 9.17) is 0 Å². The quantitative estimate of drug-likeness (QED) is 0.901. The molecule has 0 saturated heterocycles. The Morgan fingerprint density at radius 3 is 2.44 bits per heavy atom.